The number of carbonyl (C=O) groups excluding carboxylic acids is 8. The fraction of sp³-hybridized carbons (Fsp3) is 0.125. The molecule has 0 spiro atoms. The number of nitrogens with one attached hydrogen (secondary N) is 2. The number of hydrogen-bond acceptors (Lipinski definition) is 22. The van der Waals surface area contributed by atoms with Crippen LogP contribution in [0.5, 0.6) is 46.0 Å². The zero-order valence-electron chi connectivity index (χ0n) is 64.8. The van der Waals surface area contributed by atoms with Crippen LogP contribution in [-0.2, 0) is 38.1 Å². The van der Waals surface area contributed by atoms with Crippen molar-refractivity contribution in [3.8, 4) is 90.5 Å². The number of carbonyl (C=O) groups is 8. The first kappa shape index (κ1) is 82.3. The second kappa shape index (κ2) is 40.0. The minimum absolute atomic E-state index is 0.163. The topological polar surface area (TPSA) is 305 Å². The number of ether oxygens (including phenoxy) is 12. The van der Waals surface area contributed by atoms with Crippen molar-refractivity contribution in [3.63, 3.8) is 0 Å². The Bertz CT molecular complexity index is 5180. The van der Waals surface area contributed by atoms with Gasteiger partial charge in [-0.2, -0.15) is 0 Å². The fourth-order valence-corrected chi connectivity index (χ4v) is 12.5. The highest BCUT2D eigenvalue weighted by Crippen LogP contribution is 2.40. The normalized spacial score (nSPS) is 11.1. The number of rotatable bonds is 36. The summed E-state index contributed by atoms with van der Waals surface area (Å²) in [5.74, 6) is -1.37. The maximum Gasteiger partial charge on any atom is 0.343 e. The van der Waals surface area contributed by atoms with E-state index in [1.807, 2.05) is 97.1 Å². The summed E-state index contributed by atoms with van der Waals surface area (Å²) >= 11 is 0. The second-order valence-electron chi connectivity index (χ2n) is 26.6. The molecule has 0 radical (unpaired) electrons. The summed E-state index contributed by atoms with van der Waals surface area (Å²) in [4.78, 5) is 120. The molecular weight excluding hydrogens is 1530 g/mol. The summed E-state index contributed by atoms with van der Waals surface area (Å²) < 4.78 is 66.7. The lowest BCUT2D eigenvalue weighted by Gasteiger charge is -2.10. The summed E-state index contributed by atoms with van der Waals surface area (Å²) in [5.41, 5.74) is 10.7. The van der Waals surface area contributed by atoms with Gasteiger partial charge in [-0.05, 0) is 216 Å². The Hall–Kier alpha value is -15.7. The number of fused-ring (bicyclic) bond motifs is 8. The van der Waals surface area contributed by atoms with Crippen molar-refractivity contribution < 1.29 is 95.2 Å². The van der Waals surface area contributed by atoms with Crippen LogP contribution in [0.1, 0.15) is 89.9 Å². The standard InChI is InChI=1S/C96H78N4O20/c1-5-85(101)113-57-9-53-109-69-29-37-73(38-30-69)117-93(105)65-21-13-61(14-22-65)89-77-45-47-79(97-77)90(62-15-23-66(24-16-62)94(106)118-74-39-31-70(32-40-74)110-54-10-58-114-86(102)6-2)81-49-51-83(99-81)92(64-19-27-68(28-20-64)96(108)120-76-43-35-72(36-44-76)112-56-12-60-116-88(104)8-4)84-52-50-82(100-84)91(80-48-46-78(89)98-80)63-17-25-67(26-18-63)95(107)119-75-41-33-71(34-42-75)111-55-11-59-115-87(103)7-3/h5-8,13-52,97,100H,1-4,9-12,53-60H2. The molecule has 3 aromatic heterocycles. The summed E-state index contributed by atoms with van der Waals surface area (Å²) in [5, 5.41) is 0. The van der Waals surface area contributed by atoms with Gasteiger partial charge in [0.05, 0.1) is 97.9 Å². The first-order valence-corrected chi connectivity index (χ1v) is 38.1. The average molecular weight is 1610 g/mol. The lowest BCUT2D eigenvalue weighted by atomic mass is 10.0. The molecule has 602 valence electrons. The molecule has 0 atom stereocenters. The van der Waals surface area contributed by atoms with Crippen molar-refractivity contribution in [2.45, 2.75) is 25.7 Å². The summed E-state index contributed by atoms with van der Waals surface area (Å²) in [7, 11) is 0. The molecule has 2 aliphatic heterocycles. The van der Waals surface area contributed by atoms with Gasteiger partial charge >= 0.3 is 47.8 Å². The number of aromatic amines is 2. The molecule has 8 aromatic carbocycles. The number of aromatic nitrogens is 4. The Labute approximate surface area is 688 Å². The van der Waals surface area contributed by atoms with Crippen molar-refractivity contribution in [3.05, 3.63) is 314 Å². The molecule has 120 heavy (non-hydrogen) atoms. The van der Waals surface area contributed by atoms with Crippen molar-refractivity contribution in [1.29, 1.82) is 0 Å². The van der Waals surface area contributed by atoms with E-state index in [0.717, 1.165) is 24.3 Å². The van der Waals surface area contributed by atoms with Crippen molar-refractivity contribution in [2.24, 2.45) is 0 Å². The van der Waals surface area contributed by atoms with Crippen LogP contribution in [0.2, 0.25) is 0 Å². The van der Waals surface area contributed by atoms with Crippen molar-refractivity contribution >= 4 is 94.1 Å². The molecule has 0 aliphatic carbocycles. The molecule has 0 fully saturated rings. The molecule has 11 aromatic rings. The Morgan fingerprint density at radius 3 is 0.633 bits per heavy atom. The third-order valence-corrected chi connectivity index (χ3v) is 18.4. The Morgan fingerprint density at radius 2 is 0.442 bits per heavy atom. The largest absolute Gasteiger partial charge is 0.493 e. The van der Waals surface area contributed by atoms with Crippen LogP contribution in [0.15, 0.2) is 269 Å². The van der Waals surface area contributed by atoms with E-state index in [0.29, 0.717) is 138 Å². The minimum atomic E-state index is -0.621. The monoisotopic (exact) mass is 1610 g/mol. The fourth-order valence-electron chi connectivity index (χ4n) is 12.5. The molecule has 0 saturated heterocycles. The maximum atomic E-state index is 14.0. The Morgan fingerprint density at radius 1 is 0.250 bits per heavy atom. The van der Waals surface area contributed by atoms with E-state index in [9.17, 15) is 38.4 Å². The van der Waals surface area contributed by atoms with Gasteiger partial charge in [0.15, 0.2) is 0 Å². The van der Waals surface area contributed by atoms with E-state index in [-0.39, 0.29) is 98.1 Å². The van der Waals surface area contributed by atoms with E-state index in [1.54, 1.807) is 146 Å². The maximum absolute atomic E-state index is 14.0. The molecule has 0 amide bonds. The molecule has 2 aliphatic rings. The van der Waals surface area contributed by atoms with Crippen molar-refractivity contribution in [2.75, 3.05) is 52.9 Å². The van der Waals surface area contributed by atoms with Crippen molar-refractivity contribution in [1.82, 2.24) is 19.9 Å². The van der Waals surface area contributed by atoms with Gasteiger partial charge < -0.3 is 66.8 Å². The van der Waals surface area contributed by atoms with E-state index >= 15 is 0 Å². The highest BCUT2D eigenvalue weighted by molar-refractivity contribution is 6.02. The number of H-pyrrole nitrogens is 2. The SMILES string of the molecule is C=CC(=O)OCCCOc1ccc(OC(=O)c2ccc(-c3c4nc(c(-c5ccc(C(=O)Oc6ccc(OCCCOC(=O)C=C)cc6)cc5)c5ccc([nH]5)c(-c5ccc(C(=O)Oc6ccc(OCCCOC(=O)C=C)cc6)cc5)c5nc(c(-c6ccc(C(=O)Oc7ccc(OCCCOC(=O)C=C)cc7)cc6)c6ccc3[nH]6)C=C5)C=C4)cc2)cc1. The summed E-state index contributed by atoms with van der Waals surface area (Å²) in [6.07, 6.45) is 13.8. The van der Waals surface area contributed by atoms with Crippen LogP contribution >= 0.6 is 0 Å². The number of nitrogens with zero attached hydrogens (tertiary/aromatic N) is 2. The molecule has 0 saturated carbocycles. The predicted octanol–water partition coefficient (Wildman–Crippen LogP) is 18.2. The number of benzene rings is 8. The first-order valence-electron chi connectivity index (χ1n) is 38.1. The zero-order chi connectivity index (χ0) is 83.7. The molecule has 24 heteroatoms. The van der Waals surface area contributed by atoms with E-state index in [4.69, 9.17) is 66.8 Å². The third kappa shape index (κ3) is 21.6. The lowest BCUT2D eigenvalue weighted by molar-refractivity contribution is -0.138. The van der Waals surface area contributed by atoms with Crippen LogP contribution in [-0.4, -0.2) is 121 Å². The van der Waals surface area contributed by atoms with Gasteiger partial charge in [0.2, 0.25) is 0 Å². The van der Waals surface area contributed by atoms with Crippen LogP contribution in [0, 0.1) is 0 Å². The van der Waals surface area contributed by atoms with Crippen LogP contribution in [0.4, 0.5) is 0 Å². The summed E-state index contributed by atoms with van der Waals surface area (Å²) in [6, 6.07) is 61.8. The smallest absolute Gasteiger partial charge is 0.343 e. The lowest BCUT2D eigenvalue weighted by Crippen LogP contribution is -2.08. The van der Waals surface area contributed by atoms with Gasteiger partial charge in [-0.3, -0.25) is 0 Å². The van der Waals surface area contributed by atoms with E-state index in [1.165, 1.54) is 0 Å². The molecule has 5 heterocycles. The minimum Gasteiger partial charge on any atom is -0.493 e. The van der Waals surface area contributed by atoms with Gasteiger partial charge in [-0.25, -0.2) is 48.3 Å². The zero-order valence-corrected chi connectivity index (χ0v) is 64.8. The molecule has 0 unspecified atom stereocenters. The van der Waals surface area contributed by atoms with E-state index in [2.05, 4.69) is 36.3 Å². The van der Waals surface area contributed by atoms with Gasteiger partial charge in [0.1, 0.15) is 46.0 Å². The molecule has 8 bridgehead atoms. The summed E-state index contributed by atoms with van der Waals surface area (Å²) in [6.45, 7) is 15.4. The van der Waals surface area contributed by atoms with Gasteiger partial charge in [0.25, 0.3) is 0 Å². The van der Waals surface area contributed by atoms with E-state index < -0.39 is 47.8 Å². The van der Waals surface area contributed by atoms with Gasteiger partial charge in [-0.1, -0.05) is 74.8 Å². The van der Waals surface area contributed by atoms with Crippen LogP contribution < -0.4 is 37.9 Å². The number of hydrogen-bond donors (Lipinski definition) is 2. The van der Waals surface area contributed by atoms with Crippen LogP contribution in [0.3, 0.4) is 0 Å². The van der Waals surface area contributed by atoms with Gasteiger partial charge in [0, 0.05) is 94.3 Å². The van der Waals surface area contributed by atoms with Gasteiger partial charge in [-0.15, -0.1) is 0 Å². The molecule has 24 nitrogen and oxygen atoms in total. The Balaban J connectivity index is 0.876. The Kier molecular flexibility index (Phi) is 27.4. The molecular formula is C96H78N4O20. The third-order valence-electron chi connectivity index (χ3n) is 18.4. The second-order valence-corrected chi connectivity index (χ2v) is 26.6. The molecule has 2 N–H and O–H groups in total. The quantitative estimate of drug-likeness (QED) is 0.0121. The highest BCUT2D eigenvalue weighted by Gasteiger charge is 2.23. The molecule has 13 rings (SSSR count). The number of esters is 8. The average Bonchev–Trinajstić information content (AvgIpc) is 1.61. The highest BCUT2D eigenvalue weighted by atomic mass is 16.6. The van der Waals surface area contributed by atoms with Crippen LogP contribution in [0.25, 0.3) is 90.9 Å². The predicted molar refractivity (Wildman–Crippen MR) is 451 cm³/mol. The first-order chi connectivity index (χ1) is 58.5.